The van der Waals surface area contributed by atoms with Crippen molar-refractivity contribution in [1.82, 2.24) is 9.47 Å². The molecule has 0 aromatic carbocycles. The Balaban J connectivity index is 3.16. The Bertz CT molecular complexity index is 568. The number of aliphatic hydroxyl groups excluding tert-OH is 1. The molecule has 1 aromatic heterocycles. The predicted octanol–water partition coefficient (Wildman–Crippen LogP) is 0.753. The Labute approximate surface area is 129 Å². The number of carbonyl (C=O) groups is 1. The first-order chi connectivity index (χ1) is 10.4. The lowest BCUT2D eigenvalue weighted by atomic mass is 10.2. The Morgan fingerprint density at radius 1 is 1.36 bits per heavy atom. The molecule has 124 valence electrons. The number of carboxylic acid groups (broad SMARTS) is 1. The summed E-state index contributed by atoms with van der Waals surface area (Å²) in [4.78, 5) is 24.0. The fourth-order valence-corrected chi connectivity index (χ4v) is 2.37. The highest BCUT2D eigenvalue weighted by atomic mass is 16.4. The summed E-state index contributed by atoms with van der Waals surface area (Å²) in [7, 11) is 1.60. The Kier molecular flexibility index (Phi) is 7.07. The summed E-state index contributed by atoms with van der Waals surface area (Å²) in [6, 6.07) is 1.22. The van der Waals surface area contributed by atoms with Crippen LogP contribution in [0.1, 0.15) is 37.6 Å². The zero-order valence-corrected chi connectivity index (χ0v) is 13.1. The van der Waals surface area contributed by atoms with Crippen molar-refractivity contribution in [3.63, 3.8) is 0 Å². The summed E-state index contributed by atoms with van der Waals surface area (Å²) < 4.78 is 1.71. The largest absolute Gasteiger partial charge is 0.503 e. The lowest BCUT2D eigenvalue weighted by molar-refractivity contribution is -0.138. The summed E-state index contributed by atoms with van der Waals surface area (Å²) in [6.45, 7) is 2.24. The third-order valence-electron chi connectivity index (χ3n) is 3.45. The summed E-state index contributed by atoms with van der Waals surface area (Å²) in [6.07, 6.45) is 2.86. The average Bonchev–Trinajstić information content (AvgIpc) is 2.45. The van der Waals surface area contributed by atoms with E-state index in [1.54, 1.807) is 11.6 Å². The molecule has 0 spiro atoms. The van der Waals surface area contributed by atoms with E-state index in [1.807, 2.05) is 0 Å². The second kappa shape index (κ2) is 8.55. The molecule has 0 saturated carbocycles. The van der Waals surface area contributed by atoms with E-state index >= 15 is 0 Å². The molecular weight excluding hydrogens is 288 g/mol. The first-order valence-electron chi connectivity index (χ1n) is 7.36. The average molecular weight is 312 g/mol. The molecule has 0 aliphatic heterocycles. The van der Waals surface area contributed by atoms with Gasteiger partial charge < -0.3 is 19.9 Å². The van der Waals surface area contributed by atoms with Crippen molar-refractivity contribution in [3.05, 3.63) is 27.7 Å². The van der Waals surface area contributed by atoms with Gasteiger partial charge >= 0.3 is 5.97 Å². The van der Waals surface area contributed by atoms with E-state index in [9.17, 15) is 19.8 Å². The Morgan fingerprint density at radius 3 is 2.59 bits per heavy atom. The van der Waals surface area contributed by atoms with Crippen molar-refractivity contribution < 1.29 is 20.1 Å². The molecule has 7 nitrogen and oxygen atoms in total. The number of unbranched alkanes of at least 4 members (excludes halogenated alkanes) is 2. The summed E-state index contributed by atoms with van der Waals surface area (Å²) >= 11 is 0. The number of aliphatic hydroxyl groups is 1. The van der Waals surface area contributed by atoms with Gasteiger partial charge in [0, 0.05) is 24.8 Å². The molecule has 0 saturated heterocycles. The number of nitrogens with zero attached hydrogens (tertiary/aromatic N) is 2. The molecular formula is C15H24N2O5. The molecule has 0 aliphatic carbocycles. The van der Waals surface area contributed by atoms with Crippen molar-refractivity contribution in [1.29, 1.82) is 0 Å². The van der Waals surface area contributed by atoms with Gasteiger partial charge in [0.1, 0.15) is 0 Å². The maximum Gasteiger partial charge on any atom is 0.317 e. The van der Waals surface area contributed by atoms with E-state index in [2.05, 4.69) is 6.92 Å². The molecule has 3 N–H and O–H groups in total. The molecule has 0 unspecified atom stereocenters. The number of hydrogen-bond donors (Lipinski definition) is 3. The van der Waals surface area contributed by atoms with Gasteiger partial charge in [0.05, 0.1) is 18.8 Å². The van der Waals surface area contributed by atoms with Crippen molar-refractivity contribution in [2.45, 2.75) is 45.9 Å². The molecule has 1 aromatic rings. The van der Waals surface area contributed by atoms with Gasteiger partial charge in [-0.25, -0.2) is 0 Å². The number of aliphatic carboxylic acids is 1. The number of aromatic nitrogens is 1. The van der Waals surface area contributed by atoms with Gasteiger partial charge in [0.25, 0.3) is 0 Å². The van der Waals surface area contributed by atoms with E-state index in [1.165, 1.54) is 11.0 Å². The minimum Gasteiger partial charge on any atom is -0.503 e. The topological polar surface area (TPSA) is 103 Å². The zero-order chi connectivity index (χ0) is 16.7. The fourth-order valence-electron chi connectivity index (χ4n) is 2.37. The van der Waals surface area contributed by atoms with Crippen LogP contribution in [0.3, 0.4) is 0 Å². The molecule has 0 bridgehead atoms. The maximum atomic E-state index is 11.8. The number of carboxylic acids is 1. The predicted molar refractivity (Wildman–Crippen MR) is 81.8 cm³/mol. The molecule has 0 aliphatic rings. The van der Waals surface area contributed by atoms with E-state index in [-0.39, 0.29) is 25.4 Å². The van der Waals surface area contributed by atoms with Gasteiger partial charge in [0.2, 0.25) is 5.43 Å². The summed E-state index contributed by atoms with van der Waals surface area (Å²) in [5, 5.41) is 28.3. The number of rotatable bonds is 9. The summed E-state index contributed by atoms with van der Waals surface area (Å²) in [5.74, 6) is -1.37. The quantitative estimate of drug-likeness (QED) is 0.582. The van der Waals surface area contributed by atoms with E-state index in [0.29, 0.717) is 17.9 Å². The van der Waals surface area contributed by atoms with Crippen LogP contribution in [0, 0.1) is 0 Å². The number of aromatic hydroxyl groups is 1. The zero-order valence-electron chi connectivity index (χ0n) is 13.1. The van der Waals surface area contributed by atoms with Crippen molar-refractivity contribution in [3.8, 4) is 5.75 Å². The third kappa shape index (κ3) is 4.85. The molecule has 0 amide bonds. The van der Waals surface area contributed by atoms with E-state index in [0.717, 1.165) is 19.3 Å². The lowest BCUT2D eigenvalue weighted by Gasteiger charge is -2.22. The Hall–Kier alpha value is -1.86. The van der Waals surface area contributed by atoms with Gasteiger partial charge in [-0.1, -0.05) is 19.8 Å². The fraction of sp³-hybridized carbons (Fsp3) is 0.600. The smallest absolute Gasteiger partial charge is 0.317 e. The SMILES string of the molecule is CCCCCn1c(CO)cc(=O)c(O)c1CN(C)CC(=O)O. The highest BCUT2D eigenvalue weighted by Crippen LogP contribution is 2.18. The van der Waals surface area contributed by atoms with Gasteiger partial charge in [-0.2, -0.15) is 0 Å². The molecule has 0 radical (unpaired) electrons. The third-order valence-corrected chi connectivity index (χ3v) is 3.45. The van der Waals surface area contributed by atoms with Gasteiger partial charge in [-0.15, -0.1) is 0 Å². The van der Waals surface area contributed by atoms with E-state index < -0.39 is 11.4 Å². The van der Waals surface area contributed by atoms with Crippen LogP contribution in [0.2, 0.25) is 0 Å². The molecule has 22 heavy (non-hydrogen) atoms. The molecule has 1 heterocycles. The number of hydrogen-bond acceptors (Lipinski definition) is 5. The monoisotopic (exact) mass is 312 g/mol. The Morgan fingerprint density at radius 2 is 2.05 bits per heavy atom. The highest BCUT2D eigenvalue weighted by Gasteiger charge is 2.17. The highest BCUT2D eigenvalue weighted by molar-refractivity contribution is 5.69. The maximum absolute atomic E-state index is 11.8. The van der Waals surface area contributed by atoms with Crippen LogP contribution in [-0.2, 0) is 24.5 Å². The molecule has 0 fully saturated rings. The standard InChI is InChI=1S/C15H24N2O5/c1-3-4-5-6-17-11(10-18)7-13(19)15(22)12(17)8-16(2)9-14(20)21/h7,18,22H,3-6,8-10H2,1-2H3,(H,20,21). The van der Waals surface area contributed by atoms with Crippen LogP contribution in [0.4, 0.5) is 0 Å². The van der Waals surface area contributed by atoms with Crippen molar-refractivity contribution in [2.75, 3.05) is 13.6 Å². The van der Waals surface area contributed by atoms with Crippen molar-refractivity contribution >= 4 is 5.97 Å². The van der Waals surface area contributed by atoms with E-state index in [4.69, 9.17) is 5.11 Å². The van der Waals surface area contributed by atoms with Crippen LogP contribution in [-0.4, -0.2) is 44.3 Å². The van der Waals surface area contributed by atoms with Crippen LogP contribution in [0.5, 0.6) is 5.75 Å². The van der Waals surface area contributed by atoms with Crippen molar-refractivity contribution in [2.24, 2.45) is 0 Å². The van der Waals surface area contributed by atoms with Crippen LogP contribution < -0.4 is 5.43 Å². The van der Waals surface area contributed by atoms with Gasteiger partial charge in [-0.05, 0) is 13.5 Å². The van der Waals surface area contributed by atoms with Crippen LogP contribution >= 0.6 is 0 Å². The van der Waals surface area contributed by atoms with Gasteiger partial charge in [-0.3, -0.25) is 14.5 Å². The second-order valence-electron chi connectivity index (χ2n) is 5.38. The number of pyridine rings is 1. The van der Waals surface area contributed by atoms with Crippen LogP contribution in [0.15, 0.2) is 10.9 Å². The minimum atomic E-state index is -0.986. The molecule has 0 atom stereocenters. The second-order valence-corrected chi connectivity index (χ2v) is 5.38. The first kappa shape index (κ1) is 18.2. The minimum absolute atomic E-state index is 0.118. The van der Waals surface area contributed by atoms with Gasteiger partial charge in [0.15, 0.2) is 5.75 Å². The molecule has 7 heteroatoms. The summed E-state index contributed by atoms with van der Waals surface area (Å²) in [5.41, 5.74) is 0.212. The normalized spacial score (nSPS) is 11.1. The number of likely N-dealkylation sites (N-methyl/N-ethyl adjacent to an activating group) is 1. The first-order valence-corrected chi connectivity index (χ1v) is 7.36. The lowest BCUT2D eigenvalue weighted by Crippen LogP contribution is -2.29. The van der Waals surface area contributed by atoms with Crippen LogP contribution in [0.25, 0.3) is 0 Å². The molecule has 1 rings (SSSR count).